The highest BCUT2D eigenvalue weighted by Crippen LogP contribution is 2.22. The zero-order valence-electron chi connectivity index (χ0n) is 20.7. The van der Waals surface area contributed by atoms with Gasteiger partial charge in [0.05, 0.1) is 12.1 Å². The van der Waals surface area contributed by atoms with Gasteiger partial charge in [0.15, 0.2) is 0 Å². The van der Waals surface area contributed by atoms with Gasteiger partial charge in [-0.3, -0.25) is 9.59 Å². The van der Waals surface area contributed by atoms with E-state index in [2.05, 4.69) is 48.6 Å². The molecule has 0 aromatic heterocycles. The molecule has 0 fully saturated rings. The maximum absolute atomic E-state index is 12.0. The first-order valence-corrected chi connectivity index (χ1v) is 14.3. The Morgan fingerprint density at radius 3 is 1.34 bits per heavy atom. The monoisotopic (exact) mass is 492 g/mol. The van der Waals surface area contributed by atoms with Crippen LogP contribution in [-0.4, -0.2) is 99.6 Å². The van der Waals surface area contributed by atoms with Crippen molar-refractivity contribution in [1.82, 2.24) is 20.4 Å². The first kappa shape index (κ1) is 31.5. The average Bonchev–Trinajstić information content (AvgIpc) is 2.74. The number of amides is 2. The number of carbonyl (C=O) groups excluding carboxylic acids is 2. The van der Waals surface area contributed by atoms with Crippen LogP contribution in [0, 0.1) is 0 Å². The van der Waals surface area contributed by atoms with Crippen LogP contribution in [0.5, 0.6) is 0 Å². The molecule has 190 valence electrons. The Labute approximate surface area is 204 Å². The number of hydrogen-bond acceptors (Lipinski definition) is 8. The van der Waals surface area contributed by atoms with Gasteiger partial charge in [-0.15, -0.1) is 0 Å². The molecule has 0 aliphatic heterocycles. The first-order chi connectivity index (χ1) is 15.2. The summed E-state index contributed by atoms with van der Waals surface area (Å²) in [5.74, 6) is 0.777. The molecule has 0 aromatic rings. The van der Waals surface area contributed by atoms with E-state index in [0.29, 0.717) is 24.6 Å². The Morgan fingerprint density at radius 2 is 1.00 bits per heavy atom. The predicted molar refractivity (Wildman–Crippen MR) is 141 cm³/mol. The van der Waals surface area contributed by atoms with Crippen LogP contribution in [0.2, 0.25) is 0 Å². The highest BCUT2D eigenvalue weighted by molar-refractivity contribution is 8.76. The summed E-state index contributed by atoms with van der Waals surface area (Å²) in [4.78, 5) is 28.5. The van der Waals surface area contributed by atoms with E-state index in [0.717, 1.165) is 38.8 Å². The third-order valence-corrected chi connectivity index (χ3v) is 7.39. The summed E-state index contributed by atoms with van der Waals surface area (Å²) >= 11 is 0. The number of rotatable bonds is 21. The number of nitrogens with zero attached hydrogens (tertiary/aromatic N) is 2. The van der Waals surface area contributed by atoms with E-state index in [9.17, 15) is 9.59 Å². The summed E-state index contributed by atoms with van der Waals surface area (Å²) in [6, 6.07) is -1.09. The summed E-state index contributed by atoms with van der Waals surface area (Å²) in [6.07, 6.45) is 8.92. The van der Waals surface area contributed by atoms with Gasteiger partial charge < -0.3 is 31.9 Å². The van der Waals surface area contributed by atoms with Crippen molar-refractivity contribution < 1.29 is 9.59 Å². The fourth-order valence-electron chi connectivity index (χ4n) is 2.89. The summed E-state index contributed by atoms with van der Waals surface area (Å²) < 4.78 is 0. The number of hydrogen-bond donors (Lipinski definition) is 4. The molecule has 2 atom stereocenters. The summed E-state index contributed by atoms with van der Waals surface area (Å²) in [5.41, 5.74) is 11.9. The molecule has 0 aliphatic rings. The molecule has 0 saturated carbocycles. The van der Waals surface area contributed by atoms with Crippen molar-refractivity contribution in [1.29, 1.82) is 0 Å². The lowest BCUT2D eigenvalue weighted by Crippen LogP contribution is -2.43. The van der Waals surface area contributed by atoms with Crippen molar-refractivity contribution in [2.75, 3.05) is 65.9 Å². The fourth-order valence-corrected chi connectivity index (χ4v) is 5.14. The minimum absolute atomic E-state index is 0.112. The summed E-state index contributed by atoms with van der Waals surface area (Å²) in [7, 11) is 11.3. The van der Waals surface area contributed by atoms with Crippen LogP contribution >= 0.6 is 21.6 Å². The molecule has 0 heterocycles. The van der Waals surface area contributed by atoms with E-state index >= 15 is 0 Å². The Hall–Kier alpha value is -0.520. The highest BCUT2D eigenvalue weighted by atomic mass is 33.1. The molecule has 0 aliphatic carbocycles. The van der Waals surface area contributed by atoms with Crippen LogP contribution in [0.25, 0.3) is 0 Å². The van der Waals surface area contributed by atoms with E-state index in [1.54, 1.807) is 0 Å². The largest absolute Gasteiger partial charge is 0.355 e. The van der Waals surface area contributed by atoms with Gasteiger partial charge in [-0.05, 0) is 67.0 Å². The zero-order valence-corrected chi connectivity index (χ0v) is 22.4. The Bertz CT molecular complexity index is 441. The lowest BCUT2D eigenvalue weighted by atomic mass is 10.2. The molecule has 2 amide bonds. The second-order valence-corrected chi connectivity index (χ2v) is 11.4. The molecule has 0 bridgehead atoms. The number of nitrogens with two attached hydrogens (primary N) is 2. The third-order valence-electron chi connectivity index (χ3n) is 4.91. The van der Waals surface area contributed by atoms with Crippen molar-refractivity contribution in [2.24, 2.45) is 11.5 Å². The van der Waals surface area contributed by atoms with Gasteiger partial charge in [0.1, 0.15) is 0 Å². The Balaban J connectivity index is 3.63. The van der Waals surface area contributed by atoms with E-state index in [1.165, 1.54) is 47.3 Å². The zero-order chi connectivity index (χ0) is 24.2. The SMILES string of the molecule is CN(C)CCCCCCNC(=O)C(N)CSSCC(N)C(=O)NCCCCCCN(C)C. The van der Waals surface area contributed by atoms with Gasteiger partial charge in [-0.1, -0.05) is 47.3 Å². The maximum atomic E-state index is 12.0. The molecule has 2 unspecified atom stereocenters. The molecule has 0 spiro atoms. The van der Waals surface area contributed by atoms with E-state index in [1.807, 2.05) is 0 Å². The number of carbonyl (C=O) groups is 2. The lowest BCUT2D eigenvalue weighted by molar-refractivity contribution is -0.122. The van der Waals surface area contributed by atoms with Gasteiger partial charge in [0, 0.05) is 24.6 Å². The van der Waals surface area contributed by atoms with Gasteiger partial charge in [-0.2, -0.15) is 0 Å². The molecule has 6 N–H and O–H groups in total. The molecule has 32 heavy (non-hydrogen) atoms. The second-order valence-electron chi connectivity index (χ2n) is 8.80. The van der Waals surface area contributed by atoms with Crippen molar-refractivity contribution >= 4 is 33.4 Å². The Morgan fingerprint density at radius 1 is 0.656 bits per heavy atom. The average molecular weight is 493 g/mol. The van der Waals surface area contributed by atoms with Crippen LogP contribution in [0.4, 0.5) is 0 Å². The smallest absolute Gasteiger partial charge is 0.237 e. The van der Waals surface area contributed by atoms with Gasteiger partial charge in [-0.25, -0.2) is 0 Å². The quantitative estimate of drug-likeness (QED) is 0.141. The van der Waals surface area contributed by atoms with E-state index < -0.39 is 12.1 Å². The normalized spacial score (nSPS) is 13.4. The standard InChI is InChI=1S/C22H48N6O2S2/c1-27(2)15-11-7-5-9-13-25-21(29)19(23)17-31-32-18-20(24)22(30)26-14-10-6-8-12-16-28(3)4/h19-20H,5-18,23-24H2,1-4H3,(H,25,29)(H,26,30). The van der Waals surface area contributed by atoms with Crippen LogP contribution in [0.15, 0.2) is 0 Å². The maximum Gasteiger partial charge on any atom is 0.237 e. The molecule has 10 heteroatoms. The lowest BCUT2D eigenvalue weighted by Gasteiger charge is -2.14. The van der Waals surface area contributed by atoms with Crippen LogP contribution in [-0.2, 0) is 9.59 Å². The topological polar surface area (TPSA) is 117 Å². The molecular formula is C22H48N6O2S2. The van der Waals surface area contributed by atoms with Crippen molar-refractivity contribution in [3.8, 4) is 0 Å². The van der Waals surface area contributed by atoms with Gasteiger partial charge >= 0.3 is 0 Å². The third kappa shape index (κ3) is 20.1. The van der Waals surface area contributed by atoms with E-state index in [4.69, 9.17) is 11.5 Å². The van der Waals surface area contributed by atoms with Crippen molar-refractivity contribution in [3.05, 3.63) is 0 Å². The molecule has 0 aromatic carbocycles. The summed E-state index contributed by atoms with van der Waals surface area (Å²) in [5, 5.41) is 5.82. The molecule has 0 rings (SSSR count). The van der Waals surface area contributed by atoms with Gasteiger partial charge in [0.2, 0.25) is 11.8 Å². The van der Waals surface area contributed by atoms with Crippen LogP contribution < -0.4 is 22.1 Å². The minimum Gasteiger partial charge on any atom is -0.355 e. The molecular weight excluding hydrogens is 444 g/mol. The van der Waals surface area contributed by atoms with Crippen molar-refractivity contribution in [3.63, 3.8) is 0 Å². The first-order valence-electron chi connectivity index (χ1n) is 11.8. The second kappa shape index (κ2) is 21.0. The predicted octanol–water partition coefficient (Wildman–Crippen LogP) is 1.50. The fraction of sp³-hybridized carbons (Fsp3) is 0.909. The molecule has 0 radical (unpaired) electrons. The molecule has 0 saturated heterocycles. The minimum atomic E-state index is -0.543. The van der Waals surface area contributed by atoms with Gasteiger partial charge in [0.25, 0.3) is 0 Å². The molecule has 8 nitrogen and oxygen atoms in total. The summed E-state index contributed by atoms with van der Waals surface area (Å²) in [6.45, 7) is 3.56. The van der Waals surface area contributed by atoms with E-state index in [-0.39, 0.29) is 11.8 Å². The number of nitrogens with one attached hydrogen (secondary N) is 2. The van der Waals surface area contributed by atoms with Crippen molar-refractivity contribution in [2.45, 2.75) is 63.5 Å². The number of unbranched alkanes of at least 4 members (excludes halogenated alkanes) is 6. The van der Waals surface area contributed by atoms with Crippen LogP contribution in [0.1, 0.15) is 51.4 Å². The highest BCUT2D eigenvalue weighted by Gasteiger charge is 2.16. The van der Waals surface area contributed by atoms with Crippen LogP contribution in [0.3, 0.4) is 0 Å². The Kier molecular flexibility index (Phi) is 20.7.